The smallest absolute Gasteiger partial charge is 0.113 e. The summed E-state index contributed by atoms with van der Waals surface area (Å²) in [5.74, 6) is 2.52. The van der Waals surface area contributed by atoms with E-state index < -0.39 is 0 Å². The Kier molecular flexibility index (Phi) is 3.03. The van der Waals surface area contributed by atoms with E-state index in [4.69, 9.17) is 0 Å². The molecule has 0 unspecified atom stereocenters. The van der Waals surface area contributed by atoms with Gasteiger partial charge in [-0.3, -0.25) is 0 Å². The van der Waals surface area contributed by atoms with Gasteiger partial charge in [0.2, 0.25) is 0 Å². The number of aromatic nitrogens is 2. The standard InChI is InChI=1S/C17H17BrN2/c18-15-7-5-12(6-8-15)16-10-19-17(20-16)14-4-3-13(9-14)11-1-2-11/h5-11,14H,1-4H2,(H,19,20)/t14-/m0/s1. The maximum atomic E-state index is 4.60. The first-order valence-corrected chi connectivity index (χ1v) is 8.10. The third-order valence-corrected chi connectivity index (χ3v) is 4.89. The normalized spacial score (nSPS) is 22.1. The third-order valence-electron chi connectivity index (χ3n) is 4.36. The highest BCUT2D eigenvalue weighted by Crippen LogP contribution is 2.44. The molecular formula is C17H17BrN2. The van der Waals surface area contributed by atoms with Crippen LogP contribution in [0.5, 0.6) is 0 Å². The number of halogens is 1. The average Bonchev–Trinajstić information content (AvgIpc) is 3.01. The summed E-state index contributed by atoms with van der Waals surface area (Å²) in [4.78, 5) is 8.10. The van der Waals surface area contributed by atoms with Crippen LogP contribution in [0.15, 0.2) is 46.6 Å². The van der Waals surface area contributed by atoms with Crippen LogP contribution in [0.1, 0.15) is 37.4 Å². The van der Waals surface area contributed by atoms with Crippen molar-refractivity contribution in [2.24, 2.45) is 5.92 Å². The van der Waals surface area contributed by atoms with Gasteiger partial charge in [0.05, 0.1) is 11.9 Å². The molecule has 0 spiro atoms. The van der Waals surface area contributed by atoms with Crippen LogP contribution in [0.2, 0.25) is 0 Å². The van der Waals surface area contributed by atoms with Crippen LogP contribution in [0.3, 0.4) is 0 Å². The number of imidazole rings is 1. The lowest BCUT2D eigenvalue weighted by molar-refractivity contribution is 0.740. The van der Waals surface area contributed by atoms with Gasteiger partial charge >= 0.3 is 0 Å². The van der Waals surface area contributed by atoms with Gasteiger partial charge in [-0.15, -0.1) is 0 Å². The van der Waals surface area contributed by atoms with Crippen LogP contribution in [0.4, 0.5) is 0 Å². The maximum absolute atomic E-state index is 4.60. The molecule has 0 radical (unpaired) electrons. The van der Waals surface area contributed by atoms with Crippen LogP contribution in [0, 0.1) is 5.92 Å². The van der Waals surface area contributed by atoms with E-state index >= 15 is 0 Å². The van der Waals surface area contributed by atoms with Gasteiger partial charge in [0.25, 0.3) is 0 Å². The zero-order chi connectivity index (χ0) is 13.5. The van der Waals surface area contributed by atoms with Gasteiger partial charge in [-0.25, -0.2) is 4.98 Å². The second kappa shape index (κ2) is 4.88. The third kappa shape index (κ3) is 2.35. The molecular weight excluding hydrogens is 312 g/mol. The van der Waals surface area contributed by atoms with Gasteiger partial charge < -0.3 is 4.98 Å². The molecule has 1 aromatic carbocycles. The fourth-order valence-corrected chi connectivity index (χ4v) is 3.32. The number of hydrogen-bond acceptors (Lipinski definition) is 1. The fraction of sp³-hybridized carbons (Fsp3) is 0.353. The van der Waals surface area contributed by atoms with E-state index in [0.717, 1.165) is 21.9 Å². The summed E-state index contributed by atoms with van der Waals surface area (Å²) in [6.07, 6.45) is 9.72. The molecule has 1 heterocycles. The molecule has 0 bridgehead atoms. The summed E-state index contributed by atoms with van der Waals surface area (Å²) in [6, 6.07) is 8.36. The van der Waals surface area contributed by atoms with Crippen molar-refractivity contribution in [3.63, 3.8) is 0 Å². The summed E-state index contributed by atoms with van der Waals surface area (Å²) in [5.41, 5.74) is 3.98. The summed E-state index contributed by atoms with van der Waals surface area (Å²) >= 11 is 3.47. The number of nitrogens with zero attached hydrogens (tertiary/aromatic N) is 1. The second-order valence-corrected chi connectivity index (χ2v) is 6.77. The van der Waals surface area contributed by atoms with Crippen molar-refractivity contribution in [3.05, 3.63) is 52.4 Å². The molecule has 3 heteroatoms. The van der Waals surface area contributed by atoms with Crippen molar-refractivity contribution >= 4 is 15.9 Å². The minimum Gasteiger partial charge on any atom is -0.342 e. The Morgan fingerprint density at radius 1 is 1.10 bits per heavy atom. The highest BCUT2D eigenvalue weighted by atomic mass is 79.9. The van der Waals surface area contributed by atoms with Gasteiger partial charge in [0.15, 0.2) is 0 Å². The Balaban J connectivity index is 1.57. The minimum atomic E-state index is 0.495. The predicted octanol–water partition coefficient (Wildman–Crippen LogP) is 5.05. The number of H-pyrrole nitrogens is 1. The molecule has 1 fully saturated rings. The largest absolute Gasteiger partial charge is 0.342 e. The predicted molar refractivity (Wildman–Crippen MR) is 84.5 cm³/mol. The molecule has 1 N–H and O–H groups in total. The first-order valence-electron chi connectivity index (χ1n) is 7.31. The molecule has 1 atom stereocenters. The molecule has 0 saturated heterocycles. The Morgan fingerprint density at radius 3 is 2.65 bits per heavy atom. The van der Waals surface area contributed by atoms with Crippen LogP contribution < -0.4 is 0 Å². The Labute approximate surface area is 127 Å². The second-order valence-electron chi connectivity index (χ2n) is 5.85. The summed E-state index contributed by atoms with van der Waals surface area (Å²) in [6.45, 7) is 0. The van der Waals surface area contributed by atoms with Crippen LogP contribution in [0.25, 0.3) is 11.3 Å². The van der Waals surface area contributed by atoms with Crippen LogP contribution in [-0.4, -0.2) is 9.97 Å². The minimum absolute atomic E-state index is 0.495. The van der Waals surface area contributed by atoms with E-state index in [9.17, 15) is 0 Å². The summed E-state index contributed by atoms with van der Waals surface area (Å²) < 4.78 is 1.11. The molecule has 2 aliphatic rings. The Hall–Kier alpha value is -1.35. The lowest BCUT2D eigenvalue weighted by atomic mass is 10.1. The van der Waals surface area contributed by atoms with E-state index in [1.165, 1.54) is 31.2 Å². The van der Waals surface area contributed by atoms with E-state index in [1.54, 1.807) is 5.57 Å². The zero-order valence-corrected chi connectivity index (χ0v) is 12.9. The van der Waals surface area contributed by atoms with Crippen molar-refractivity contribution < 1.29 is 0 Å². The molecule has 2 aliphatic carbocycles. The number of nitrogens with one attached hydrogen (secondary N) is 1. The van der Waals surface area contributed by atoms with Crippen molar-refractivity contribution in [1.82, 2.24) is 9.97 Å². The number of aromatic amines is 1. The molecule has 20 heavy (non-hydrogen) atoms. The fourth-order valence-electron chi connectivity index (χ4n) is 3.06. The van der Waals surface area contributed by atoms with E-state index in [2.05, 4.69) is 56.2 Å². The first-order chi connectivity index (χ1) is 9.79. The molecule has 102 valence electrons. The summed E-state index contributed by atoms with van der Waals surface area (Å²) in [7, 11) is 0. The van der Waals surface area contributed by atoms with E-state index in [1.807, 2.05) is 6.20 Å². The van der Waals surface area contributed by atoms with Gasteiger partial charge in [0.1, 0.15) is 5.82 Å². The van der Waals surface area contributed by atoms with Crippen LogP contribution in [-0.2, 0) is 0 Å². The number of benzene rings is 1. The lowest BCUT2D eigenvalue weighted by Crippen LogP contribution is -1.93. The number of hydrogen-bond donors (Lipinski definition) is 1. The quantitative estimate of drug-likeness (QED) is 0.784. The number of rotatable bonds is 3. The molecule has 1 aromatic heterocycles. The Bertz CT molecular complexity index is 650. The number of allylic oxidation sites excluding steroid dienone is 2. The van der Waals surface area contributed by atoms with Gasteiger partial charge in [-0.1, -0.05) is 39.7 Å². The zero-order valence-electron chi connectivity index (χ0n) is 11.3. The van der Waals surface area contributed by atoms with Crippen molar-refractivity contribution in [3.8, 4) is 11.3 Å². The molecule has 2 aromatic rings. The van der Waals surface area contributed by atoms with Crippen molar-refractivity contribution in [2.45, 2.75) is 31.6 Å². The van der Waals surface area contributed by atoms with E-state index in [0.29, 0.717) is 5.92 Å². The molecule has 0 amide bonds. The van der Waals surface area contributed by atoms with Crippen molar-refractivity contribution in [2.75, 3.05) is 0 Å². The average molecular weight is 329 g/mol. The van der Waals surface area contributed by atoms with Gasteiger partial charge in [-0.2, -0.15) is 0 Å². The van der Waals surface area contributed by atoms with E-state index in [-0.39, 0.29) is 0 Å². The molecule has 2 nitrogen and oxygen atoms in total. The van der Waals surface area contributed by atoms with Gasteiger partial charge in [0, 0.05) is 10.4 Å². The highest BCUT2D eigenvalue weighted by molar-refractivity contribution is 9.10. The lowest BCUT2D eigenvalue weighted by Gasteiger charge is -2.02. The Morgan fingerprint density at radius 2 is 1.90 bits per heavy atom. The first kappa shape index (κ1) is 12.4. The van der Waals surface area contributed by atoms with Crippen LogP contribution >= 0.6 is 15.9 Å². The highest BCUT2D eigenvalue weighted by Gasteiger charge is 2.30. The summed E-state index contributed by atoms with van der Waals surface area (Å²) in [5, 5.41) is 0. The monoisotopic (exact) mass is 328 g/mol. The molecule has 0 aliphatic heterocycles. The van der Waals surface area contributed by atoms with Gasteiger partial charge in [-0.05, 0) is 49.3 Å². The topological polar surface area (TPSA) is 28.7 Å². The van der Waals surface area contributed by atoms with Crippen molar-refractivity contribution in [1.29, 1.82) is 0 Å². The maximum Gasteiger partial charge on any atom is 0.113 e. The molecule has 1 saturated carbocycles. The SMILES string of the molecule is Brc1ccc(-c2cnc([C@@H]3C=C(C4CC4)CC3)[nH]2)cc1. The molecule has 4 rings (SSSR count).